The minimum atomic E-state index is -4.43. The largest absolute Gasteiger partial charge is 0.416 e. The lowest BCUT2D eigenvalue weighted by atomic mass is 10.1. The molecule has 0 aliphatic carbocycles. The molecule has 0 fully saturated rings. The van der Waals surface area contributed by atoms with E-state index in [1.807, 2.05) is 0 Å². The zero-order valence-electron chi connectivity index (χ0n) is 18.4. The van der Waals surface area contributed by atoms with Gasteiger partial charge >= 0.3 is 6.18 Å². The van der Waals surface area contributed by atoms with Gasteiger partial charge in [-0.1, -0.05) is 12.1 Å². The molecule has 0 unspecified atom stereocenters. The van der Waals surface area contributed by atoms with E-state index in [4.69, 9.17) is 0 Å². The number of benzene rings is 1. The van der Waals surface area contributed by atoms with Crippen LogP contribution < -0.4 is 10.9 Å². The molecular weight excluding hydrogens is 459 g/mol. The molecule has 0 amide bonds. The van der Waals surface area contributed by atoms with Crippen LogP contribution in [0.1, 0.15) is 11.4 Å². The van der Waals surface area contributed by atoms with E-state index in [-0.39, 0.29) is 12.1 Å². The number of halogens is 3. The first-order valence-corrected chi connectivity index (χ1v) is 10.6. The van der Waals surface area contributed by atoms with Gasteiger partial charge in [0.25, 0.3) is 5.56 Å². The molecule has 1 aromatic carbocycles. The Morgan fingerprint density at radius 3 is 2.51 bits per heavy atom. The van der Waals surface area contributed by atoms with Gasteiger partial charge in [-0.2, -0.15) is 18.3 Å². The summed E-state index contributed by atoms with van der Waals surface area (Å²) < 4.78 is 41.9. The van der Waals surface area contributed by atoms with Crippen molar-refractivity contribution in [2.75, 3.05) is 12.4 Å². The van der Waals surface area contributed by atoms with Gasteiger partial charge in [0.2, 0.25) is 0 Å². The van der Waals surface area contributed by atoms with Crippen molar-refractivity contribution in [3.05, 3.63) is 94.9 Å². The molecule has 35 heavy (non-hydrogen) atoms. The number of pyridine rings is 2. The van der Waals surface area contributed by atoms with Crippen LogP contribution in [0.5, 0.6) is 0 Å². The summed E-state index contributed by atoms with van der Waals surface area (Å²) in [7, 11) is 1.75. The van der Waals surface area contributed by atoms with Gasteiger partial charge in [0.15, 0.2) is 0 Å². The fourth-order valence-corrected chi connectivity index (χ4v) is 3.69. The van der Waals surface area contributed by atoms with E-state index in [0.29, 0.717) is 39.6 Å². The first kappa shape index (κ1) is 22.3. The van der Waals surface area contributed by atoms with E-state index in [9.17, 15) is 18.0 Å². The van der Waals surface area contributed by atoms with Gasteiger partial charge in [0.1, 0.15) is 22.9 Å². The summed E-state index contributed by atoms with van der Waals surface area (Å²) in [6.45, 7) is 0.187. The number of fused-ring (bicyclic) bond motifs is 1. The second kappa shape index (κ2) is 8.67. The van der Waals surface area contributed by atoms with Gasteiger partial charge in [0, 0.05) is 37.3 Å². The molecule has 8 nitrogen and oxygen atoms in total. The highest BCUT2D eigenvalue weighted by Gasteiger charge is 2.30. The summed E-state index contributed by atoms with van der Waals surface area (Å²) in [6, 6.07) is 13.1. The average molecular weight is 477 g/mol. The number of hydrogen-bond donors (Lipinski definition) is 1. The van der Waals surface area contributed by atoms with E-state index in [1.54, 1.807) is 54.6 Å². The van der Waals surface area contributed by atoms with Crippen molar-refractivity contribution in [3.8, 4) is 16.9 Å². The van der Waals surface area contributed by atoms with Crippen LogP contribution in [0.3, 0.4) is 0 Å². The Morgan fingerprint density at radius 2 is 1.80 bits per heavy atom. The molecule has 0 spiro atoms. The van der Waals surface area contributed by atoms with Crippen molar-refractivity contribution in [3.63, 3.8) is 0 Å². The van der Waals surface area contributed by atoms with Gasteiger partial charge < -0.3 is 9.88 Å². The van der Waals surface area contributed by atoms with Crippen LogP contribution in [0.25, 0.3) is 28.0 Å². The molecule has 11 heteroatoms. The summed E-state index contributed by atoms with van der Waals surface area (Å²) in [6.07, 6.45) is 0.384. The molecule has 5 aromatic rings. The number of nitrogens with zero attached hydrogens (tertiary/aromatic N) is 6. The summed E-state index contributed by atoms with van der Waals surface area (Å²) >= 11 is 0. The molecule has 1 N–H and O–H groups in total. The molecule has 0 radical (unpaired) electrons. The Bertz CT molecular complexity index is 1570. The first-order chi connectivity index (χ1) is 16.8. The van der Waals surface area contributed by atoms with Crippen LogP contribution in [0, 0.1) is 0 Å². The fourth-order valence-electron chi connectivity index (χ4n) is 3.69. The highest BCUT2D eigenvalue weighted by molar-refractivity contribution is 5.90. The average Bonchev–Trinajstić information content (AvgIpc) is 3.25. The van der Waals surface area contributed by atoms with Gasteiger partial charge in [-0.15, -0.1) is 0 Å². The van der Waals surface area contributed by atoms with Crippen molar-refractivity contribution >= 4 is 16.9 Å². The molecule has 0 bridgehead atoms. The third-order valence-corrected chi connectivity index (χ3v) is 5.42. The monoisotopic (exact) mass is 477 g/mol. The van der Waals surface area contributed by atoms with E-state index < -0.39 is 11.7 Å². The van der Waals surface area contributed by atoms with E-state index in [1.165, 1.54) is 22.8 Å². The molecule has 176 valence electrons. The molecule has 4 heterocycles. The fraction of sp³-hybridized carbons (Fsp3) is 0.125. The third kappa shape index (κ3) is 4.35. The second-order valence-corrected chi connectivity index (χ2v) is 7.67. The normalized spacial score (nSPS) is 11.7. The number of anilines is 1. The van der Waals surface area contributed by atoms with Crippen LogP contribution in [-0.4, -0.2) is 36.3 Å². The Labute approximate surface area is 196 Å². The number of rotatable bonds is 5. The van der Waals surface area contributed by atoms with Gasteiger partial charge in [-0.25, -0.2) is 14.6 Å². The van der Waals surface area contributed by atoms with Crippen LogP contribution in [0.4, 0.5) is 19.0 Å². The lowest BCUT2D eigenvalue weighted by Gasteiger charge is -2.08. The van der Waals surface area contributed by atoms with Crippen LogP contribution in [-0.2, 0) is 12.7 Å². The lowest BCUT2D eigenvalue weighted by molar-refractivity contribution is -0.137. The van der Waals surface area contributed by atoms with Crippen molar-refractivity contribution in [2.24, 2.45) is 0 Å². The SMILES string of the molecule is CNc1ccnc(Cn2ccc(-n3nc(-c4ccc(C(F)(F)F)cc4)c4ncccc43)cc2=O)n1. The minimum absolute atomic E-state index is 0.187. The van der Waals surface area contributed by atoms with E-state index in [2.05, 4.69) is 25.4 Å². The van der Waals surface area contributed by atoms with Crippen LogP contribution in [0.2, 0.25) is 0 Å². The van der Waals surface area contributed by atoms with Crippen LogP contribution in [0.15, 0.2) is 78.0 Å². The summed E-state index contributed by atoms with van der Waals surface area (Å²) in [5, 5.41) is 7.52. The molecule has 4 aromatic heterocycles. The Balaban J connectivity index is 1.53. The second-order valence-electron chi connectivity index (χ2n) is 7.67. The maximum Gasteiger partial charge on any atom is 0.416 e. The molecule has 5 rings (SSSR count). The summed E-state index contributed by atoms with van der Waals surface area (Å²) in [5.74, 6) is 1.12. The summed E-state index contributed by atoms with van der Waals surface area (Å²) in [5.41, 5.74) is 1.48. The number of nitrogens with one attached hydrogen (secondary N) is 1. The topological polar surface area (TPSA) is 90.5 Å². The van der Waals surface area contributed by atoms with E-state index in [0.717, 1.165) is 12.1 Å². The predicted octanol–water partition coefficient (Wildman–Crippen LogP) is 4.15. The molecule has 0 saturated heterocycles. The van der Waals surface area contributed by atoms with Crippen molar-refractivity contribution in [2.45, 2.75) is 12.7 Å². The maximum atomic E-state index is 13.0. The van der Waals surface area contributed by atoms with Crippen molar-refractivity contribution in [1.82, 2.24) is 29.3 Å². The lowest BCUT2D eigenvalue weighted by Crippen LogP contribution is -2.21. The van der Waals surface area contributed by atoms with Crippen molar-refractivity contribution < 1.29 is 13.2 Å². The van der Waals surface area contributed by atoms with Gasteiger partial charge in [-0.05, 0) is 36.4 Å². The van der Waals surface area contributed by atoms with Gasteiger partial charge in [-0.3, -0.25) is 9.78 Å². The molecular formula is C24H18F3N7O. The highest BCUT2D eigenvalue weighted by Crippen LogP contribution is 2.33. The quantitative estimate of drug-likeness (QED) is 0.409. The highest BCUT2D eigenvalue weighted by atomic mass is 19.4. The number of hydrogen-bond acceptors (Lipinski definition) is 6. The standard InChI is InChI=1S/C24H18F3N7O/c1-28-19-8-11-29-20(31-19)14-33-12-9-17(13-21(33)35)34-18-3-2-10-30-23(18)22(32-34)15-4-6-16(7-5-15)24(25,26)27/h2-13H,14H2,1H3,(H,28,29,31). The zero-order valence-corrected chi connectivity index (χ0v) is 18.4. The third-order valence-electron chi connectivity index (χ3n) is 5.42. The number of alkyl halides is 3. The van der Waals surface area contributed by atoms with Crippen molar-refractivity contribution in [1.29, 1.82) is 0 Å². The minimum Gasteiger partial charge on any atom is -0.373 e. The van der Waals surface area contributed by atoms with E-state index >= 15 is 0 Å². The zero-order chi connectivity index (χ0) is 24.6. The Hall–Kier alpha value is -4.54. The smallest absolute Gasteiger partial charge is 0.373 e. The molecule has 0 atom stereocenters. The number of aromatic nitrogens is 6. The maximum absolute atomic E-state index is 13.0. The predicted molar refractivity (Wildman–Crippen MR) is 124 cm³/mol. The molecule has 0 saturated carbocycles. The Kier molecular flexibility index (Phi) is 5.51. The summed E-state index contributed by atoms with van der Waals surface area (Å²) in [4.78, 5) is 25.7. The molecule has 0 aliphatic rings. The molecule has 0 aliphatic heterocycles. The van der Waals surface area contributed by atoms with Crippen LogP contribution >= 0.6 is 0 Å². The first-order valence-electron chi connectivity index (χ1n) is 10.6. The Morgan fingerprint density at radius 1 is 1.00 bits per heavy atom. The van der Waals surface area contributed by atoms with Gasteiger partial charge in [0.05, 0.1) is 23.3 Å².